The Morgan fingerprint density at radius 1 is 1.27 bits per heavy atom. The molecule has 1 aromatic carbocycles. The number of rotatable bonds is 2. The van der Waals surface area contributed by atoms with Gasteiger partial charge in [-0.25, -0.2) is 9.59 Å². The van der Waals surface area contributed by atoms with Crippen molar-refractivity contribution in [3.63, 3.8) is 0 Å². The molecule has 1 heterocycles. The van der Waals surface area contributed by atoms with Crippen molar-refractivity contribution in [1.82, 2.24) is 0 Å². The third-order valence-corrected chi connectivity index (χ3v) is 2.10. The van der Waals surface area contributed by atoms with Crippen LogP contribution in [-0.2, 0) is 16.0 Å². The lowest BCUT2D eigenvalue weighted by Crippen LogP contribution is -2.06. The SMILES string of the molecule is O=C(O)Cc1cccc2c1C(=O)OC2=O. The second-order valence-electron chi connectivity index (χ2n) is 3.09. The maximum atomic E-state index is 11.2. The number of fused-ring (bicyclic) bond motifs is 1. The van der Waals surface area contributed by atoms with Gasteiger partial charge in [-0.1, -0.05) is 12.1 Å². The van der Waals surface area contributed by atoms with Gasteiger partial charge in [-0.05, 0) is 11.6 Å². The summed E-state index contributed by atoms with van der Waals surface area (Å²) in [6.07, 6.45) is -0.300. The van der Waals surface area contributed by atoms with Gasteiger partial charge in [0.15, 0.2) is 0 Å². The normalized spacial score (nSPS) is 13.6. The van der Waals surface area contributed by atoms with Crippen LogP contribution in [0.15, 0.2) is 18.2 Å². The van der Waals surface area contributed by atoms with Crippen LogP contribution in [0.1, 0.15) is 26.3 Å². The van der Waals surface area contributed by atoms with Crippen molar-refractivity contribution < 1.29 is 24.2 Å². The molecule has 0 aliphatic carbocycles. The molecule has 0 fully saturated rings. The molecule has 15 heavy (non-hydrogen) atoms. The smallest absolute Gasteiger partial charge is 0.347 e. The largest absolute Gasteiger partial charge is 0.481 e. The molecular weight excluding hydrogens is 200 g/mol. The third kappa shape index (κ3) is 1.48. The molecule has 5 heteroatoms. The van der Waals surface area contributed by atoms with E-state index in [2.05, 4.69) is 4.74 Å². The number of carboxylic acid groups (broad SMARTS) is 1. The first-order valence-corrected chi connectivity index (χ1v) is 4.20. The molecule has 0 amide bonds. The molecule has 0 saturated carbocycles. The Morgan fingerprint density at radius 3 is 2.67 bits per heavy atom. The maximum absolute atomic E-state index is 11.2. The monoisotopic (exact) mass is 206 g/mol. The summed E-state index contributed by atoms with van der Waals surface area (Å²) >= 11 is 0. The zero-order valence-electron chi connectivity index (χ0n) is 7.52. The molecule has 0 aromatic heterocycles. The highest BCUT2D eigenvalue weighted by Gasteiger charge is 2.32. The zero-order valence-corrected chi connectivity index (χ0v) is 7.52. The average molecular weight is 206 g/mol. The quantitative estimate of drug-likeness (QED) is 0.566. The highest BCUT2D eigenvalue weighted by Crippen LogP contribution is 2.23. The Labute approximate surface area is 84.3 Å². The van der Waals surface area contributed by atoms with Crippen LogP contribution in [0, 0.1) is 0 Å². The summed E-state index contributed by atoms with van der Waals surface area (Å²) in [6, 6.07) is 4.46. The lowest BCUT2D eigenvalue weighted by atomic mass is 10.0. The van der Waals surface area contributed by atoms with Gasteiger partial charge in [-0.15, -0.1) is 0 Å². The Bertz CT molecular complexity index is 475. The minimum atomic E-state index is -1.06. The highest BCUT2D eigenvalue weighted by atomic mass is 16.6. The Morgan fingerprint density at radius 2 is 2.00 bits per heavy atom. The Kier molecular flexibility index (Phi) is 2.00. The van der Waals surface area contributed by atoms with Gasteiger partial charge >= 0.3 is 17.9 Å². The van der Waals surface area contributed by atoms with Gasteiger partial charge < -0.3 is 9.84 Å². The molecule has 2 rings (SSSR count). The second kappa shape index (κ2) is 3.20. The van der Waals surface area contributed by atoms with E-state index in [0.717, 1.165) is 0 Å². The molecule has 0 spiro atoms. The number of hydrogen-bond donors (Lipinski definition) is 1. The van der Waals surface area contributed by atoms with E-state index in [-0.39, 0.29) is 17.5 Å². The second-order valence-corrected chi connectivity index (χ2v) is 3.09. The summed E-state index contributed by atoms with van der Waals surface area (Å²) in [5.74, 6) is -2.55. The molecule has 1 aromatic rings. The predicted molar refractivity (Wildman–Crippen MR) is 47.5 cm³/mol. The Balaban J connectivity index is 2.55. The summed E-state index contributed by atoms with van der Waals surface area (Å²) in [4.78, 5) is 32.9. The maximum Gasteiger partial charge on any atom is 0.347 e. The van der Waals surface area contributed by atoms with Gasteiger partial charge in [0.05, 0.1) is 17.5 Å². The number of cyclic esters (lactones) is 2. The van der Waals surface area contributed by atoms with Crippen molar-refractivity contribution in [2.45, 2.75) is 6.42 Å². The van der Waals surface area contributed by atoms with Gasteiger partial charge in [0.2, 0.25) is 0 Å². The van der Waals surface area contributed by atoms with Gasteiger partial charge in [-0.3, -0.25) is 4.79 Å². The van der Waals surface area contributed by atoms with E-state index in [4.69, 9.17) is 5.11 Å². The fourth-order valence-corrected chi connectivity index (χ4v) is 1.51. The number of benzene rings is 1. The molecule has 1 N–H and O–H groups in total. The molecule has 5 nitrogen and oxygen atoms in total. The molecule has 0 unspecified atom stereocenters. The van der Waals surface area contributed by atoms with E-state index in [1.807, 2.05) is 0 Å². The average Bonchev–Trinajstić information content (AvgIpc) is 2.43. The fraction of sp³-hybridized carbons (Fsp3) is 0.100. The van der Waals surface area contributed by atoms with E-state index in [1.54, 1.807) is 0 Å². The van der Waals surface area contributed by atoms with Crippen molar-refractivity contribution in [3.05, 3.63) is 34.9 Å². The van der Waals surface area contributed by atoms with E-state index in [1.165, 1.54) is 18.2 Å². The molecule has 0 radical (unpaired) electrons. The van der Waals surface area contributed by atoms with Crippen LogP contribution in [0.5, 0.6) is 0 Å². The standard InChI is InChI=1S/C10H6O5/c11-7(12)4-5-2-1-3-6-8(5)10(14)15-9(6)13/h1-3H,4H2,(H,11,12). The Hall–Kier alpha value is -2.17. The summed E-state index contributed by atoms with van der Waals surface area (Å²) in [6.45, 7) is 0. The van der Waals surface area contributed by atoms with Crippen LogP contribution < -0.4 is 0 Å². The number of ether oxygens (including phenoxy) is 1. The first-order chi connectivity index (χ1) is 7.09. The number of carbonyl (C=O) groups excluding carboxylic acids is 2. The summed E-state index contributed by atoms with van der Waals surface area (Å²) in [7, 11) is 0. The van der Waals surface area contributed by atoms with Crippen molar-refractivity contribution >= 4 is 17.9 Å². The van der Waals surface area contributed by atoms with Crippen molar-refractivity contribution in [3.8, 4) is 0 Å². The lowest BCUT2D eigenvalue weighted by Gasteiger charge is -2.00. The summed E-state index contributed by atoms with van der Waals surface area (Å²) in [5.41, 5.74) is 0.513. The third-order valence-electron chi connectivity index (χ3n) is 2.10. The van der Waals surface area contributed by atoms with Crippen LogP contribution in [0.4, 0.5) is 0 Å². The molecule has 0 bridgehead atoms. The molecule has 0 saturated heterocycles. The van der Waals surface area contributed by atoms with Crippen molar-refractivity contribution in [1.29, 1.82) is 0 Å². The van der Waals surface area contributed by atoms with E-state index < -0.39 is 17.9 Å². The summed E-state index contributed by atoms with van der Waals surface area (Å²) < 4.78 is 4.38. The van der Waals surface area contributed by atoms with Crippen LogP contribution in [0.25, 0.3) is 0 Å². The highest BCUT2D eigenvalue weighted by molar-refractivity contribution is 6.15. The lowest BCUT2D eigenvalue weighted by molar-refractivity contribution is -0.136. The van der Waals surface area contributed by atoms with Gasteiger partial charge in [-0.2, -0.15) is 0 Å². The van der Waals surface area contributed by atoms with Gasteiger partial charge in [0.1, 0.15) is 0 Å². The van der Waals surface area contributed by atoms with E-state index in [9.17, 15) is 14.4 Å². The molecule has 1 aliphatic rings. The minimum absolute atomic E-state index is 0.0740. The number of hydrogen-bond acceptors (Lipinski definition) is 4. The first-order valence-electron chi connectivity index (χ1n) is 4.20. The minimum Gasteiger partial charge on any atom is -0.481 e. The number of carboxylic acids is 1. The molecule has 76 valence electrons. The number of carbonyl (C=O) groups is 3. The topological polar surface area (TPSA) is 80.7 Å². The fourth-order valence-electron chi connectivity index (χ4n) is 1.51. The number of aliphatic carboxylic acids is 1. The van der Waals surface area contributed by atoms with Crippen molar-refractivity contribution in [2.24, 2.45) is 0 Å². The van der Waals surface area contributed by atoms with Gasteiger partial charge in [0.25, 0.3) is 0 Å². The van der Waals surface area contributed by atoms with Gasteiger partial charge in [0, 0.05) is 0 Å². The first kappa shape index (κ1) is 9.39. The van der Waals surface area contributed by atoms with E-state index >= 15 is 0 Å². The van der Waals surface area contributed by atoms with Crippen LogP contribution in [0.2, 0.25) is 0 Å². The van der Waals surface area contributed by atoms with Crippen molar-refractivity contribution in [2.75, 3.05) is 0 Å². The zero-order chi connectivity index (χ0) is 11.0. The van der Waals surface area contributed by atoms with Crippen LogP contribution >= 0.6 is 0 Å². The van der Waals surface area contributed by atoms with Crippen LogP contribution in [-0.4, -0.2) is 23.0 Å². The number of esters is 2. The molecule has 0 atom stereocenters. The predicted octanol–water partition coefficient (Wildman–Crippen LogP) is 0.624. The molecule has 1 aliphatic heterocycles. The molecular formula is C10H6O5. The summed E-state index contributed by atoms with van der Waals surface area (Å²) in [5, 5.41) is 8.61. The van der Waals surface area contributed by atoms with E-state index in [0.29, 0.717) is 5.56 Å². The van der Waals surface area contributed by atoms with Crippen LogP contribution in [0.3, 0.4) is 0 Å².